The lowest BCUT2D eigenvalue weighted by atomic mass is 9.58. The third-order valence-corrected chi connectivity index (χ3v) is 5.59. The number of carbonyl (C=O) groups excluding carboxylic acids is 2. The van der Waals surface area contributed by atoms with Crippen molar-refractivity contribution in [3.8, 4) is 0 Å². The van der Waals surface area contributed by atoms with Crippen molar-refractivity contribution in [1.29, 1.82) is 0 Å². The minimum atomic E-state index is -0.486. The first-order valence-corrected chi connectivity index (χ1v) is 8.87. The first-order valence-electron chi connectivity index (χ1n) is 8.87. The van der Waals surface area contributed by atoms with Crippen molar-refractivity contribution in [1.82, 2.24) is 0 Å². The summed E-state index contributed by atoms with van der Waals surface area (Å²) in [5.74, 6) is -0.455. The normalized spacial score (nSPS) is 25.3. The maximum atomic E-state index is 12.2. The van der Waals surface area contributed by atoms with Crippen LogP contribution in [0.5, 0.6) is 0 Å². The highest BCUT2D eigenvalue weighted by atomic mass is 16.5. The van der Waals surface area contributed by atoms with E-state index in [4.69, 9.17) is 4.74 Å². The molecule has 0 unspecified atom stereocenters. The van der Waals surface area contributed by atoms with Crippen molar-refractivity contribution in [3.63, 3.8) is 0 Å². The molecule has 1 fully saturated rings. The third-order valence-electron chi connectivity index (χ3n) is 5.59. The molecule has 2 aliphatic carbocycles. The van der Waals surface area contributed by atoms with Crippen LogP contribution in [0.3, 0.4) is 0 Å². The molecule has 0 bridgehead atoms. The number of carbonyl (C=O) groups is 2. The van der Waals surface area contributed by atoms with Crippen LogP contribution in [-0.2, 0) is 32.6 Å². The largest absolute Gasteiger partial charge is 0.454 e. The summed E-state index contributed by atoms with van der Waals surface area (Å²) in [7, 11) is 0. The Bertz CT molecular complexity index is 680. The van der Waals surface area contributed by atoms with Gasteiger partial charge in [0.2, 0.25) is 0 Å². The van der Waals surface area contributed by atoms with E-state index in [1.165, 1.54) is 42.4 Å². The summed E-state index contributed by atoms with van der Waals surface area (Å²) in [5.41, 5.74) is 4.74. The summed E-state index contributed by atoms with van der Waals surface area (Å²) in [5, 5.41) is 0. The van der Waals surface area contributed by atoms with E-state index in [1.807, 2.05) is 0 Å². The zero-order valence-electron chi connectivity index (χ0n) is 14.7. The summed E-state index contributed by atoms with van der Waals surface area (Å²) in [4.78, 5) is 23.6. The number of ether oxygens (including phenoxy) is 1. The lowest BCUT2D eigenvalue weighted by Crippen LogP contribution is -2.43. The highest BCUT2D eigenvalue weighted by Gasteiger charge is 2.45. The van der Waals surface area contributed by atoms with E-state index < -0.39 is 5.97 Å². The molecule has 1 aromatic rings. The molecule has 128 valence electrons. The monoisotopic (exact) mass is 326 g/mol. The maximum Gasteiger partial charge on any atom is 0.333 e. The summed E-state index contributed by atoms with van der Waals surface area (Å²) in [6.45, 7) is 7.22. The van der Waals surface area contributed by atoms with Crippen LogP contribution in [-0.4, -0.2) is 18.4 Å². The minimum Gasteiger partial charge on any atom is -0.454 e. The van der Waals surface area contributed by atoms with E-state index >= 15 is 0 Å². The van der Waals surface area contributed by atoms with Crippen molar-refractivity contribution in [2.45, 2.75) is 57.8 Å². The predicted octanol–water partition coefficient (Wildman–Crippen LogP) is 3.92. The molecule has 1 saturated carbocycles. The Hall–Kier alpha value is -1.90. The number of fused-ring (bicyclic) bond motifs is 1. The maximum absolute atomic E-state index is 12.2. The average Bonchev–Trinajstić information content (AvgIpc) is 2.55. The minimum absolute atomic E-state index is 0.00366. The quantitative estimate of drug-likeness (QED) is 0.608. The molecule has 0 amide bonds. The number of ketones is 1. The lowest BCUT2D eigenvalue weighted by molar-refractivity contribution is -0.147. The summed E-state index contributed by atoms with van der Waals surface area (Å²) < 4.78 is 4.98. The molecule has 1 aromatic carbocycles. The molecule has 3 nitrogen and oxygen atoms in total. The van der Waals surface area contributed by atoms with Gasteiger partial charge in [0, 0.05) is 11.5 Å². The Morgan fingerprint density at radius 2 is 1.88 bits per heavy atom. The van der Waals surface area contributed by atoms with Gasteiger partial charge in [0.15, 0.2) is 12.4 Å². The van der Waals surface area contributed by atoms with Crippen LogP contribution in [0.2, 0.25) is 0 Å². The first kappa shape index (κ1) is 16.9. The average molecular weight is 326 g/mol. The fourth-order valence-electron chi connectivity index (χ4n) is 3.98. The van der Waals surface area contributed by atoms with Crippen LogP contribution in [0.25, 0.3) is 0 Å². The fraction of sp³-hybridized carbons (Fsp3) is 0.524. The second kappa shape index (κ2) is 6.54. The van der Waals surface area contributed by atoms with Gasteiger partial charge in [-0.05, 0) is 67.6 Å². The molecule has 0 spiro atoms. The molecule has 0 N–H and O–H groups in total. The van der Waals surface area contributed by atoms with Gasteiger partial charge in [-0.2, -0.15) is 0 Å². The van der Waals surface area contributed by atoms with Gasteiger partial charge in [-0.1, -0.05) is 31.7 Å². The molecule has 0 aliphatic heterocycles. The van der Waals surface area contributed by atoms with Crippen LogP contribution < -0.4 is 0 Å². The molecule has 0 saturated heterocycles. The molecule has 0 aromatic heterocycles. The molecule has 3 rings (SSSR count). The molecular formula is C21H26O3. The predicted molar refractivity (Wildman–Crippen MR) is 93.9 cm³/mol. The summed E-state index contributed by atoms with van der Waals surface area (Å²) >= 11 is 0. The molecule has 24 heavy (non-hydrogen) atoms. The van der Waals surface area contributed by atoms with E-state index in [-0.39, 0.29) is 23.7 Å². The Labute approximate surface area is 144 Å². The van der Waals surface area contributed by atoms with Crippen molar-refractivity contribution < 1.29 is 14.3 Å². The number of aryl methyl sites for hydroxylation is 2. The van der Waals surface area contributed by atoms with Gasteiger partial charge < -0.3 is 4.74 Å². The Kier molecular flexibility index (Phi) is 4.62. The van der Waals surface area contributed by atoms with E-state index in [1.54, 1.807) is 6.92 Å². The van der Waals surface area contributed by atoms with Gasteiger partial charge in [0.25, 0.3) is 0 Å². The zero-order valence-corrected chi connectivity index (χ0v) is 14.7. The van der Waals surface area contributed by atoms with Crippen LogP contribution in [0.4, 0.5) is 0 Å². The summed E-state index contributed by atoms with van der Waals surface area (Å²) in [6.07, 6.45) is 6.63. The van der Waals surface area contributed by atoms with Crippen LogP contribution in [0, 0.1) is 5.92 Å². The molecule has 0 heterocycles. The second-order valence-electron chi connectivity index (χ2n) is 7.68. The standard InChI is InChI=1S/C21H26O3/c1-14(2)20(23)24-13-19(22)17-11-21(3,12-17)18-9-8-15-6-4-5-7-16(15)10-18/h8-10,17H,1,4-7,11-13H2,2-3H3. The number of hydrogen-bond donors (Lipinski definition) is 0. The Morgan fingerprint density at radius 3 is 2.54 bits per heavy atom. The highest BCUT2D eigenvalue weighted by molar-refractivity contribution is 5.90. The van der Waals surface area contributed by atoms with Crippen molar-refractivity contribution in [2.75, 3.05) is 6.61 Å². The smallest absolute Gasteiger partial charge is 0.333 e. The number of rotatable bonds is 5. The Balaban J connectivity index is 1.59. The van der Waals surface area contributed by atoms with Crippen LogP contribution >= 0.6 is 0 Å². The molecule has 3 heteroatoms. The molecule has 0 atom stereocenters. The van der Waals surface area contributed by atoms with E-state index in [2.05, 4.69) is 31.7 Å². The SMILES string of the molecule is C=C(C)C(=O)OCC(=O)C1CC(C)(c2ccc3c(c2)CCCC3)C1. The van der Waals surface area contributed by atoms with Gasteiger partial charge in [0.1, 0.15) is 0 Å². The molecule has 2 aliphatic rings. The van der Waals surface area contributed by atoms with E-state index in [0.717, 1.165) is 12.8 Å². The van der Waals surface area contributed by atoms with Gasteiger partial charge in [-0.25, -0.2) is 4.79 Å². The third kappa shape index (κ3) is 3.31. The number of esters is 1. The lowest BCUT2D eigenvalue weighted by Gasteiger charge is -2.45. The summed E-state index contributed by atoms with van der Waals surface area (Å²) in [6, 6.07) is 6.88. The fourth-order valence-corrected chi connectivity index (χ4v) is 3.98. The number of Topliss-reactive ketones (excluding diaryl/α,β-unsaturated/α-hetero) is 1. The van der Waals surface area contributed by atoms with Crippen molar-refractivity contribution in [2.24, 2.45) is 5.92 Å². The topological polar surface area (TPSA) is 43.4 Å². The van der Waals surface area contributed by atoms with Crippen LogP contribution in [0.1, 0.15) is 56.2 Å². The zero-order chi connectivity index (χ0) is 17.3. The highest BCUT2D eigenvalue weighted by Crippen LogP contribution is 2.48. The first-order chi connectivity index (χ1) is 11.4. The van der Waals surface area contributed by atoms with E-state index in [0.29, 0.717) is 5.57 Å². The number of hydrogen-bond acceptors (Lipinski definition) is 3. The van der Waals surface area contributed by atoms with Gasteiger partial charge >= 0.3 is 5.97 Å². The Morgan fingerprint density at radius 1 is 1.21 bits per heavy atom. The van der Waals surface area contributed by atoms with Gasteiger partial charge in [0.05, 0.1) is 0 Å². The van der Waals surface area contributed by atoms with E-state index in [9.17, 15) is 9.59 Å². The second-order valence-corrected chi connectivity index (χ2v) is 7.68. The molecule has 0 radical (unpaired) electrons. The van der Waals surface area contributed by atoms with Crippen LogP contribution in [0.15, 0.2) is 30.4 Å². The van der Waals surface area contributed by atoms with Gasteiger partial charge in [-0.15, -0.1) is 0 Å². The molecular weight excluding hydrogens is 300 g/mol. The number of benzene rings is 1. The van der Waals surface area contributed by atoms with Crippen molar-refractivity contribution >= 4 is 11.8 Å². The van der Waals surface area contributed by atoms with Crippen molar-refractivity contribution in [3.05, 3.63) is 47.0 Å². The van der Waals surface area contributed by atoms with Gasteiger partial charge in [-0.3, -0.25) is 4.79 Å².